The van der Waals surface area contributed by atoms with E-state index in [2.05, 4.69) is 14.8 Å². The van der Waals surface area contributed by atoms with Gasteiger partial charge in [0.05, 0.1) is 18.4 Å². The third-order valence-corrected chi connectivity index (χ3v) is 7.39. The number of hydrogen-bond donors (Lipinski definition) is 0. The number of likely N-dealkylation sites (tertiary alicyclic amines) is 1. The Bertz CT molecular complexity index is 832. The van der Waals surface area contributed by atoms with Gasteiger partial charge in [0, 0.05) is 19.0 Å². The number of nitrogens with zero attached hydrogens (tertiary/aromatic N) is 5. The summed E-state index contributed by atoms with van der Waals surface area (Å²) in [5.41, 5.74) is 0. The molecule has 2 aliphatic heterocycles. The van der Waals surface area contributed by atoms with Crippen molar-refractivity contribution in [1.82, 2.24) is 24.6 Å². The van der Waals surface area contributed by atoms with Gasteiger partial charge < -0.3 is 9.47 Å². The Kier molecular flexibility index (Phi) is 3.15. The summed E-state index contributed by atoms with van der Waals surface area (Å²) < 4.78 is 2.13. The maximum Gasteiger partial charge on any atom is 0.243 e. The molecular formula is C19H23N5O3. The van der Waals surface area contributed by atoms with Crippen molar-refractivity contribution in [1.29, 1.82) is 0 Å². The third-order valence-electron chi connectivity index (χ3n) is 7.39. The van der Waals surface area contributed by atoms with Crippen LogP contribution >= 0.6 is 0 Å². The first-order valence-electron chi connectivity index (χ1n) is 10.2. The van der Waals surface area contributed by atoms with Crippen LogP contribution in [0.4, 0.5) is 0 Å². The van der Waals surface area contributed by atoms with Gasteiger partial charge in [0.25, 0.3) is 0 Å². The second-order valence-electron chi connectivity index (χ2n) is 8.86. The lowest BCUT2D eigenvalue weighted by molar-refractivity contribution is -0.147. The van der Waals surface area contributed by atoms with E-state index in [9.17, 15) is 14.4 Å². The van der Waals surface area contributed by atoms with Gasteiger partial charge in [-0.1, -0.05) is 0 Å². The van der Waals surface area contributed by atoms with Crippen molar-refractivity contribution in [2.45, 2.75) is 51.1 Å². The predicted octanol–water partition coefficient (Wildman–Crippen LogP) is 0.529. The minimum Gasteiger partial charge on any atom is -0.332 e. The molecule has 3 saturated carbocycles. The number of hydrogen-bond acceptors (Lipinski definition) is 5. The molecule has 6 rings (SSSR count). The molecule has 8 nitrogen and oxygen atoms in total. The summed E-state index contributed by atoms with van der Waals surface area (Å²) in [4.78, 5) is 41.4. The Hall–Kier alpha value is -2.25. The normalized spacial score (nSPS) is 34.4. The van der Waals surface area contributed by atoms with Gasteiger partial charge in [-0.15, -0.1) is 10.2 Å². The summed E-state index contributed by atoms with van der Waals surface area (Å²) in [6.45, 7) is 1.57. The molecule has 3 aliphatic carbocycles. The molecule has 3 heterocycles. The van der Waals surface area contributed by atoms with E-state index in [0.29, 0.717) is 37.4 Å². The van der Waals surface area contributed by atoms with Crippen molar-refractivity contribution in [3.8, 4) is 0 Å². The van der Waals surface area contributed by atoms with Crippen molar-refractivity contribution >= 4 is 17.7 Å². The van der Waals surface area contributed by atoms with Crippen LogP contribution in [0.15, 0.2) is 0 Å². The lowest BCUT2D eigenvalue weighted by atomic mass is 9.81. The molecule has 0 spiro atoms. The SMILES string of the molecule is O=C(CN1C(=O)[C@H]2[C@@H]3CC[C@@H](C3)[C@@H]2C1=O)N1CCn2c(nnc2C2CC2)C1. The first kappa shape index (κ1) is 15.8. The number of amides is 3. The molecule has 0 aromatic carbocycles. The summed E-state index contributed by atoms with van der Waals surface area (Å²) in [6.07, 6.45) is 5.46. The number of imide groups is 1. The maximum absolute atomic E-state index is 12.8. The van der Waals surface area contributed by atoms with Gasteiger partial charge >= 0.3 is 0 Å². The first-order valence-corrected chi connectivity index (χ1v) is 10.2. The summed E-state index contributed by atoms with van der Waals surface area (Å²) in [7, 11) is 0. The molecule has 0 radical (unpaired) electrons. The van der Waals surface area contributed by atoms with E-state index in [1.807, 2.05) is 0 Å². The lowest BCUT2D eigenvalue weighted by Gasteiger charge is -2.29. The first-order chi connectivity index (χ1) is 13.1. The molecule has 142 valence electrons. The molecule has 2 bridgehead atoms. The molecule has 4 fully saturated rings. The monoisotopic (exact) mass is 369 g/mol. The average molecular weight is 369 g/mol. The highest BCUT2D eigenvalue weighted by Crippen LogP contribution is 2.56. The predicted molar refractivity (Wildman–Crippen MR) is 91.9 cm³/mol. The van der Waals surface area contributed by atoms with Crippen molar-refractivity contribution in [3.05, 3.63) is 11.6 Å². The number of rotatable bonds is 3. The number of carbonyl (C=O) groups excluding carboxylic acids is 3. The lowest BCUT2D eigenvalue weighted by Crippen LogP contribution is -2.46. The highest BCUT2D eigenvalue weighted by molar-refractivity contribution is 6.08. The molecule has 1 aromatic rings. The van der Waals surface area contributed by atoms with E-state index in [0.717, 1.165) is 30.9 Å². The molecule has 27 heavy (non-hydrogen) atoms. The Balaban J connectivity index is 1.16. The highest BCUT2D eigenvalue weighted by atomic mass is 16.2. The number of aromatic nitrogens is 3. The standard InChI is InChI=1S/C19H23N5O3/c25-14(22-5-6-23-13(8-22)20-21-17(23)10-1-2-10)9-24-18(26)15-11-3-4-12(7-11)16(15)19(24)27/h10-12,15-16H,1-9H2/t11-,12+,15-,16-/m0/s1. The third kappa shape index (κ3) is 2.18. The molecule has 8 heteroatoms. The Morgan fingerprint density at radius 1 is 0.963 bits per heavy atom. The summed E-state index contributed by atoms with van der Waals surface area (Å²) in [5.74, 6) is 2.40. The molecule has 4 atom stereocenters. The summed E-state index contributed by atoms with van der Waals surface area (Å²) >= 11 is 0. The van der Waals surface area contributed by atoms with E-state index >= 15 is 0 Å². The van der Waals surface area contributed by atoms with Crippen LogP contribution in [-0.4, -0.2) is 55.4 Å². The van der Waals surface area contributed by atoms with Gasteiger partial charge in [-0.2, -0.15) is 0 Å². The molecule has 5 aliphatic rings. The number of carbonyl (C=O) groups is 3. The second-order valence-corrected chi connectivity index (χ2v) is 8.86. The zero-order valence-corrected chi connectivity index (χ0v) is 15.2. The van der Waals surface area contributed by atoms with Gasteiger partial charge in [-0.05, 0) is 43.9 Å². The van der Waals surface area contributed by atoms with Gasteiger partial charge in [0.2, 0.25) is 17.7 Å². The van der Waals surface area contributed by atoms with Crippen LogP contribution in [0, 0.1) is 23.7 Å². The second kappa shape index (κ2) is 5.39. The highest BCUT2D eigenvalue weighted by Gasteiger charge is 2.61. The zero-order valence-electron chi connectivity index (χ0n) is 15.2. The van der Waals surface area contributed by atoms with E-state index in [1.165, 1.54) is 17.7 Å². The molecule has 3 amide bonds. The maximum atomic E-state index is 12.8. The fourth-order valence-electron chi connectivity index (χ4n) is 5.90. The zero-order chi connectivity index (χ0) is 18.3. The van der Waals surface area contributed by atoms with Crippen LogP contribution in [0.1, 0.15) is 49.7 Å². The summed E-state index contributed by atoms with van der Waals surface area (Å²) in [5, 5.41) is 8.56. The van der Waals surface area contributed by atoms with E-state index in [-0.39, 0.29) is 36.1 Å². The Morgan fingerprint density at radius 3 is 2.33 bits per heavy atom. The fourth-order valence-corrected chi connectivity index (χ4v) is 5.90. The molecular weight excluding hydrogens is 346 g/mol. The van der Waals surface area contributed by atoms with Crippen molar-refractivity contribution in [2.24, 2.45) is 23.7 Å². The van der Waals surface area contributed by atoms with Crippen molar-refractivity contribution < 1.29 is 14.4 Å². The van der Waals surface area contributed by atoms with Crippen LogP contribution in [0.3, 0.4) is 0 Å². The molecule has 1 aromatic heterocycles. The van der Waals surface area contributed by atoms with Gasteiger partial charge in [-0.25, -0.2) is 0 Å². The molecule has 0 unspecified atom stereocenters. The largest absolute Gasteiger partial charge is 0.332 e. The minimum absolute atomic E-state index is 0.109. The van der Waals surface area contributed by atoms with Crippen LogP contribution < -0.4 is 0 Å². The van der Waals surface area contributed by atoms with Crippen LogP contribution in [0.5, 0.6) is 0 Å². The van der Waals surface area contributed by atoms with Gasteiger partial charge in [0.1, 0.15) is 12.4 Å². The Morgan fingerprint density at radius 2 is 1.67 bits per heavy atom. The van der Waals surface area contributed by atoms with Crippen molar-refractivity contribution in [2.75, 3.05) is 13.1 Å². The average Bonchev–Trinajstić information content (AvgIpc) is 3.04. The summed E-state index contributed by atoms with van der Waals surface area (Å²) in [6, 6.07) is 0. The smallest absolute Gasteiger partial charge is 0.243 e. The Labute approximate surface area is 156 Å². The van der Waals surface area contributed by atoms with E-state index in [1.54, 1.807) is 4.90 Å². The topological polar surface area (TPSA) is 88.4 Å². The molecule has 0 N–H and O–H groups in total. The van der Waals surface area contributed by atoms with Crippen LogP contribution in [0.2, 0.25) is 0 Å². The van der Waals surface area contributed by atoms with Crippen LogP contribution in [0.25, 0.3) is 0 Å². The van der Waals surface area contributed by atoms with E-state index < -0.39 is 0 Å². The van der Waals surface area contributed by atoms with E-state index in [4.69, 9.17) is 0 Å². The van der Waals surface area contributed by atoms with Crippen LogP contribution in [-0.2, 0) is 27.5 Å². The van der Waals surface area contributed by atoms with Gasteiger partial charge in [0.15, 0.2) is 5.82 Å². The minimum atomic E-state index is -0.161. The fraction of sp³-hybridized carbons (Fsp3) is 0.737. The number of fused-ring (bicyclic) bond motifs is 6. The molecule has 1 saturated heterocycles. The van der Waals surface area contributed by atoms with Crippen molar-refractivity contribution in [3.63, 3.8) is 0 Å². The quantitative estimate of drug-likeness (QED) is 0.725. The van der Waals surface area contributed by atoms with Gasteiger partial charge in [-0.3, -0.25) is 19.3 Å².